The van der Waals surface area contributed by atoms with Gasteiger partial charge in [0, 0.05) is 17.5 Å². The molecule has 2 aliphatic rings. The van der Waals surface area contributed by atoms with Gasteiger partial charge in [-0.2, -0.15) is 0 Å². The van der Waals surface area contributed by atoms with E-state index < -0.39 is 6.17 Å². The van der Waals surface area contributed by atoms with E-state index in [1.165, 1.54) is 11.1 Å². The molecule has 3 unspecified atom stereocenters. The van der Waals surface area contributed by atoms with Crippen LogP contribution in [0.1, 0.15) is 30.5 Å². The number of hydrogen-bond acceptors (Lipinski definition) is 0. The van der Waals surface area contributed by atoms with Crippen LogP contribution >= 0.6 is 11.6 Å². The molecule has 2 heterocycles. The first-order valence-electron chi connectivity index (χ1n) is 5.89. The normalized spacial score (nSPS) is 36.9. The third-order valence-corrected chi connectivity index (χ3v) is 4.65. The summed E-state index contributed by atoms with van der Waals surface area (Å²) in [4.78, 5) is 0. The highest BCUT2D eigenvalue weighted by Gasteiger charge is 2.48. The van der Waals surface area contributed by atoms with Gasteiger partial charge in [-0.25, -0.2) is 4.39 Å². The fourth-order valence-electron chi connectivity index (χ4n) is 3.41. The molecule has 0 aromatic heterocycles. The van der Waals surface area contributed by atoms with Crippen molar-refractivity contribution in [3.8, 4) is 0 Å². The molecular formula is C13H16ClFN+. The highest BCUT2D eigenvalue weighted by atomic mass is 35.5. The maximum atomic E-state index is 13.5. The smallest absolute Gasteiger partial charge is 0.154 e. The van der Waals surface area contributed by atoms with Crippen LogP contribution in [0.5, 0.6) is 0 Å². The van der Waals surface area contributed by atoms with Crippen molar-refractivity contribution >= 4 is 11.6 Å². The van der Waals surface area contributed by atoms with Gasteiger partial charge in [0.15, 0.2) is 6.17 Å². The molecule has 86 valence electrons. The summed E-state index contributed by atoms with van der Waals surface area (Å²) in [6, 6.07) is 6.43. The molecule has 0 aliphatic carbocycles. The quantitative estimate of drug-likeness (QED) is 0.609. The Balaban J connectivity index is 2.04. The van der Waals surface area contributed by atoms with Crippen LogP contribution < -0.4 is 0 Å². The number of hydrogen-bond donors (Lipinski definition) is 0. The Morgan fingerprint density at radius 1 is 1.44 bits per heavy atom. The minimum atomic E-state index is -0.629. The Hall–Kier alpha value is -0.600. The zero-order valence-corrected chi connectivity index (χ0v) is 10.2. The number of rotatable bonds is 0. The van der Waals surface area contributed by atoms with Gasteiger partial charge >= 0.3 is 0 Å². The van der Waals surface area contributed by atoms with Crippen molar-refractivity contribution in [1.29, 1.82) is 0 Å². The predicted molar refractivity (Wildman–Crippen MR) is 63.1 cm³/mol. The summed E-state index contributed by atoms with van der Waals surface area (Å²) in [6.45, 7) is 4.76. The van der Waals surface area contributed by atoms with Crippen LogP contribution in [0.3, 0.4) is 0 Å². The molecule has 3 atom stereocenters. The van der Waals surface area contributed by atoms with Gasteiger partial charge in [-0.1, -0.05) is 23.7 Å². The lowest BCUT2D eigenvalue weighted by Crippen LogP contribution is -2.43. The number of benzene rings is 1. The van der Waals surface area contributed by atoms with E-state index in [0.717, 1.165) is 22.6 Å². The fraction of sp³-hybridized carbons (Fsp3) is 0.538. The summed E-state index contributed by atoms with van der Waals surface area (Å²) in [7, 11) is 0. The van der Waals surface area contributed by atoms with Gasteiger partial charge in [0.05, 0.1) is 11.6 Å². The molecule has 1 saturated heterocycles. The van der Waals surface area contributed by atoms with Crippen molar-refractivity contribution in [2.24, 2.45) is 0 Å². The summed E-state index contributed by atoms with van der Waals surface area (Å²) in [6.07, 6.45) is 0.0752. The first kappa shape index (κ1) is 10.5. The van der Waals surface area contributed by atoms with Crippen LogP contribution in [0.15, 0.2) is 18.2 Å². The molecule has 3 rings (SSSR count). The highest BCUT2D eigenvalue weighted by Crippen LogP contribution is 2.46. The first-order valence-corrected chi connectivity index (χ1v) is 6.27. The Kier molecular flexibility index (Phi) is 2.27. The average Bonchev–Trinajstić information content (AvgIpc) is 2.72. The van der Waals surface area contributed by atoms with Gasteiger partial charge in [0.25, 0.3) is 0 Å². The van der Waals surface area contributed by atoms with Crippen LogP contribution in [-0.2, 0) is 6.54 Å². The lowest BCUT2D eigenvalue weighted by molar-refractivity contribution is -0.951. The van der Waals surface area contributed by atoms with Crippen molar-refractivity contribution < 1.29 is 8.87 Å². The molecule has 0 radical (unpaired) electrons. The van der Waals surface area contributed by atoms with Gasteiger partial charge in [-0.15, -0.1) is 0 Å². The minimum Gasteiger partial charge on any atom is -0.311 e. The minimum absolute atomic E-state index is 0.351. The average molecular weight is 241 g/mol. The van der Waals surface area contributed by atoms with Gasteiger partial charge < -0.3 is 4.48 Å². The summed E-state index contributed by atoms with van der Waals surface area (Å²) < 4.78 is 14.3. The Morgan fingerprint density at radius 3 is 2.88 bits per heavy atom. The van der Waals surface area contributed by atoms with E-state index in [9.17, 15) is 4.39 Å². The zero-order chi connectivity index (χ0) is 11.3. The Bertz CT molecular complexity index is 434. The van der Waals surface area contributed by atoms with Crippen LogP contribution in [0, 0.1) is 0 Å². The van der Waals surface area contributed by atoms with E-state index in [0.29, 0.717) is 19.0 Å². The SMILES string of the molecule is CC1c2c(Cl)cccc2C[N+]12CCC(F)C2. The monoisotopic (exact) mass is 240 g/mol. The van der Waals surface area contributed by atoms with Gasteiger partial charge in [0.1, 0.15) is 19.1 Å². The second kappa shape index (κ2) is 3.44. The summed E-state index contributed by atoms with van der Waals surface area (Å²) >= 11 is 6.26. The molecule has 1 aromatic carbocycles. The van der Waals surface area contributed by atoms with Crippen LogP contribution in [0.4, 0.5) is 4.39 Å². The highest BCUT2D eigenvalue weighted by molar-refractivity contribution is 6.31. The fourth-order valence-corrected chi connectivity index (χ4v) is 3.76. The van der Waals surface area contributed by atoms with Crippen molar-refractivity contribution in [3.05, 3.63) is 34.3 Å². The van der Waals surface area contributed by atoms with E-state index in [-0.39, 0.29) is 0 Å². The topological polar surface area (TPSA) is 0 Å². The molecule has 1 spiro atoms. The second-order valence-corrected chi connectivity index (χ2v) is 5.56. The predicted octanol–water partition coefficient (Wildman–Crippen LogP) is 3.47. The molecule has 1 fully saturated rings. The molecule has 0 N–H and O–H groups in total. The molecular weight excluding hydrogens is 225 g/mol. The zero-order valence-electron chi connectivity index (χ0n) is 9.42. The summed E-state index contributed by atoms with van der Waals surface area (Å²) in [5.74, 6) is 0. The number of halogens is 2. The van der Waals surface area contributed by atoms with E-state index in [1.54, 1.807) is 0 Å². The third kappa shape index (κ3) is 1.33. The lowest BCUT2D eigenvalue weighted by atomic mass is 10.1. The molecule has 16 heavy (non-hydrogen) atoms. The first-order chi connectivity index (χ1) is 7.62. The molecule has 3 heteroatoms. The van der Waals surface area contributed by atoms with Crippen molar-refractivity contribution in [2.75, 3.05) is 13.1 Å². The van der Waals surface area contributed by atoms with E-state index in [2.05, 4.69) is 13.0 Å². The molecule has 2 aliphatic heterocycles. The van der Waals surface area contributed by atoms with Crippen molar-refractivity contribution in [1.82, 2.24) is 0 Å². The Labute approximate surface area is 100 Å². The van der Waals surface area contributed by atoms with Gasteiger partial charge in [0.2, 0.25) is 0 Å². The van der Waals surface area contributed by atoms with E-state index in [1.807, 2.05) is 12.1 Å². The van der Waals surface area contributed by atoms with Crippen LogP contribution in [0.2, 0.25) is 5.02 Å². The van der Waals surface area contributed by atoms with Gasteiger partial charge in [-0.05, 0) is 13.0 Å². The van der Waals surface area contributed by atoms with Gasteiger partial charge in [-0.3, -0.25) is 0 Å². The number of fused-ring (bicyclic) bond motifs is 1. The molecule has 1 aromatic rings. The second-order valence-electron chi connectivity index (χ2n) is 5.16. The number of nitrogens with zero attached hydrogens (tertiary/aromatic N) is 1. The molecule has 0 bridgehead atoms. The molecule has 0 saturated carbocycles. The van der Waals surface area contributed by atoms with E-state index >= 15 is 0 Å². The summed E-state index contributed by atoms with van der Waals surface area (Å²) in [5.41, 5.74) is 2.56. The maximum Gasteiger partial charge on any atom is 0.154 e. The number of quaternary nitrogens is 1. The van der Waals surface area contributed by atoms with E-state index in [4.69, 9.17) is 11.6 Å². The maximum absolute atomic E-state index is 13.5. The molecule has 1 nitrogen and oxygen atoms in total. The van der Waals surface area contributed by atoms with Crippen LogP contribution in [-0.4, -0.2) is 23.7 Å². The summed E-state index contributed by atoms with van der Waals surface area (Å²) in [5, 5.41) is 0.849. The number of alkyl halides is 1. The molecule has 0 amide bonds. The largest absolute Gasteiger partial charge is 0.311 e. The standard InChI is InChI=1S/C13H16ClFN/c1-9-13-10(3-2-4-12(13)14)7-16(9)6-5-11(15)8-16/h2-4,9,11H,5-8H2,1H3/q+1. The third-order valence-electron chi connectivity index (χ3n) is 4.32. The Morgan fingerprint density at radius 2 is 2.25 bits per heavy atom. The van der Waals surface area contributed by atoms with Crippen LogP contribution in [0.25, 0.3) is 0 Å². The lowest BCUT2D eigenvalue weighted by Gasteiger charge is -2.34. The van der Waals surface area contributed by atoms with Crippen molar-refractivity contribution in [2.45, 2.75) is 32.1 Å². The van der Waals surface area contributed by atoms with Crippen molar-refractivity contribution in [3.63, 3.8) is 0 Å².